The Morgan fingerprint density at radius 1 is 0.310 bits per heavy atom. The van der Waals surface area contributed by atoms with Crippen LogP contribution in [0.2, 0.25) is 0 Å². The maximum Gasteiger partial charge on any atom is 0.143 e. The van der Waals surface area contributed by atoms with E-state index in [-0.39, 0.29) is 0 Å². The zero-order chi connectivity index (χ0) is 38.4. The van der Waals surface area contributed by atoms with Crippen LogP contribution in [0.25, 0.3) is 88.0 Å². The summed E-state index contributed by atoms with van der Waals surface area (Å²) in [7, 11) is 0. The van der Waals surface area contributed by atoms with Crippen molar-refractivity contribution >= 4 is 60.5 Å². The molecule has 0 radical (unpaired) electrons. The first-order valence-electron chi connectivity index (χ1n) is 19.8. The maximum atomic E-state index is 6.70. The third kappa shape index (κ3) is 5.74. The van der Waals surface area contributed by atoms with Gasteiger partial charge >= 0.3 is 0 Å². The van der Waals surface area contributed by atoms with E-state index in [2.05, 4.69) is 229 Å². The molecule has 0 spiro atoms. The molecule has 0 saturated heterocycles. The van der Waals surface area contributed by atoms with E-state index in [9.17, 15) is 0 Å². The van der Waals surface area contributed by atoms with Gasteiger partial charge in [0.25, 0.3) is 0 Å². The zero-order valence-corrected chi connectivity index (χ0v) is 31.7. The lowest BCUT2D eigenvalue weighted by Crippen LogP contribution is -2.12. The Kier molecular flexibility index (Phi) is 8.19. The van der Waals surface area contributed by atoms with Crippen LogP contribution in [0.15, 0.2) is 229 Å². The average Bonchev–Trinajstić information content (AvgIpc) is 3.70. The molecule has 1 heterocycles. The smallest absolute Gasteiger partial charge is 0.143 e. The normalized spacial score (nSPS) is 11.4. The highest BCUT2D eigenvalue weighted by Gasteiger charge is 2.23. The summed E-state index contributed by atoms with van der Waals surface area (Å²) < 4.78 is 6.70. The Morgan fingerprint density at radius 2 is 0.862 bits per heavy atom. The number of furan rings is 1. The molecule has 0 aliphatic carbocycles. The van der Waals surface area contributed by atoms with Crippen molar-refractivity contribution in [3.8, 4) is 44.5 Å². The van der Waals surface area contributed by atoms with Gasteiger partial charge in [0, 0.05) is 33.0 Å². The minimum atomic E-state index is 0.877. The number of anilines is 3. The molecule has 1 aromatic heterocycles. The minimum absolute atomic E-state index is 0.877. The van der Waals surface area contributed by atoms with Crippen molar-refractivity contribution in [3.63, 3.8) is 0 Å². The van der Waals surface area contributed by atoms with E-state index in [1.54, 1.807) is 0 Å². The number of nitrogens with zero attached hydrogens (tertiary/aromatic N) is 1. The summed E-state index contributed by atoms with van der Waals surface area (Å²) in [5.41, 5.74) is 14.3. The number of hydrogen-bond donors (Lipinski definition) is 0. The molecular weight excluding hydrogens is 703 g/mol. The molecule has 0 aliphatic heterocycles. The Labute approximate surface area is 337 Å². The largest absolute Gasteiger partial charge is 0.455 e. The number of para-hydroxylation sites is 2. The highest BCUT2D eigenvalue weighted by Crippen LogP contribution is 2.48. The fourth-order valence-electron chi connectivity index (χ4n) is 8.76. The molecule has 0 unspecified atom stereocenters. The molecule has 0 amide bonds. The summed E-state index contributed by atoms with van der Waals surface area (Å²) in [4.78, 5) is 2.45. The lowest BCUT2D eigenvalue weighted by Gasteiger charge is -2.30. The van der Waals surface area contributed by atoms with Crippen LogP contribution in [0.4, 0.5) is 17.1 Å². The standard InChI is InChI=1S/C56H37NO/c1-2-15-38(16-3-1)39-31-33-42(34-32-39)47-23-8-10-28-52(47)57(44-21-12-20-43(37-44)46-26-13-19-40-17-4-6-22-45(40)46)53-29-11-9-25-49(53)50-27-14-30-54-55(50)51-36-35-41-18-5-7-24-48(41)56(51)58-54/h1-37H. The number of benzene rings is 10. The van der Waals surface area contributed by atoms with E-state index in [0.717, 1.165) is 72.2 Å². The quantitative estimate of drug-likeness (QED) is 0.162. The first kappa shape index (κ1) is 33.6. The third-order valence-corrected chi connectivity index (χ3v) is 11.5. The molecule has 11 rings (SSSR count). The third-order valence-electron chi connectivity index (χ3n) is 11.5. The van der Waals surface area contributed by atoms with Gasteiger partial charge < -0.3 is 9.32 Å². The molecule has 11 aromatic rings. The average molecular weight is 740 g/mol. The summed E-state index contributed by atoms with van der Waals surface area (Å²) in [5, 5.41) is 6.98. The molecule has 0 bridgehead atoms. The number of rotatable bonds is 7. The molecule has 2 heteroatoms. The van der Waals surface area contributed by atoms with Crippen molar-refractivity contribution in [2.75, 3.05) is 4.90 Å². The summed E-state index contributed by atoms with van der Waals surface area (Å²) in [5.74, 6) is 0. The van der Waals surface area contributed by atoms with Crippen LogP contribution in [0.5, 0.6) is 0 Å². The van der Waals surface area contributed by atoms with Crippen LogP contribution in [-0.2, 0) is 0 Å². The highest BCUT2D eigenvalue weighted by molar-refractivity contribution is 6.20. The van der Waals surface area contributed by atoms with Crippen LogP contribution in [0.1, 0.15) is 0 Å². The zero-order valence-electron chi connectivity index (χ0n) is 31.7. The van der Waals surface area contributed by atoms with E-state index in [1.807, 2.05) is 0 Å². The molecule has 2 nitrogen and oxygen atoms in total. The van der Waals surface area contributed by atoms with Gasteiger partial charge in [-0.2, -0.15) is 0 Å². The molecule has 0 N–H and O–H groups in total. The highest BCUT2D eigenvalue weighted by atomic mass is 16.3. The molecule has 0 atom stereocenters. The SMILES string of the molecule is c1ccc(-c2ccc(-c3ccccc3N(c3cccc(-c4cccc5ccccc45)c3)c3ccccc3-c3cccc4oc5c6ccccc6ccc5c34)cc2)cc1. The maximum absolute atomic E-state index is 6.70. The second-order valence-electron chi connectivity index (χ2n) is 14.8. The van der Waals surface area contributed by atoms with E-state index in [4.69, 9.17) is 4.42 Å². The summed E-state index contributed by atoms with van der Waals surface area (Å²) in [6.07, 6.45) is 0. The van der Waals surface area contributed by atoms with Gasteiger partial charge in [0.2, 0.25) is 0 Å². The van der Waals surface area contributed by atoms with Gasteiger partial charge in [0.05, 0.1) is 11.4 Å². The van der Waals surface area contributed by atoms with E-state index < -0.39 is 0 Å². The van der Waals surface area contributed by atoms with Gasteiger partial charge in [0.1, 0.15) is 11.2 Å². The van der Waals surface area contributed by atoms with E-state index >= 15 is 0 Å². The second kappa shape index (κ2) is 14.1. The van der Waals surface area contributed by atoms with Crippen LogP contribution in [-0.4, -0.2) is 0 Å². The molecule has 10 aromatic carbocycles. The number of fused-ring (bicyclic) bond motifs is 6. The van der Waals surface area contributed by atoms with Gasteiger partial charge in [-0.25, -0.2) is 0 Å². The van der Waals surface area contributed by atoms with Crippen LogP contribution >= 0.6 is 0 Å². The van der Waals surface area contributed by atoms with Crippen molar-refractivity contribution in [1.82, 2.24) is 0 Å². The van der Waals surface area contributed by atoms with Crippen LogP contribution in [0.3, 0.4) is 0 Å². The fraction of sp³-hybridized carbons (Fsp3) is 0. The number of hydrogen-bond acceptors (Lipinski definition) is 2. The minimum Gasteiger partial charge on any atom is -0.455 e. The Hall–Kier alpha value is -7.68. The lowest BCUT2D eigenvalue weighted by atomic mass is 9.94. The molecule has 0 saturated carbocycles. The second-order valence-corrected chi connectivity index (χ2v) is 14.8. The van der Waals surface area contributed by atoms with Crippen molar-refractivity contribution in [3.05, 3.63) is 224 Å². The summed E-state index contributed by atoms with van der Waals surface area (Å²) in [6, 6.07) is 80.7. The van der Waals surface area contributed by atoms with E-state index in [0.29, 0.717) is 0 Å². The first-order valence-corrected chi connectivity index (χ1v) is 19.8. The van der Waals surface area contributed by atoms with Crippen molar-refractivity contribution in [2.45, 2.75) is 0 Å². The van der Waals surface area contributed by atoms with Crippen LogP contribution in [0, 0.1) is 0 Å². The summed E-state index contributed by atoms with van der Waals surface area (Å²) in [6.45, 7) is 0. The predicted molar refractivity (Wildman–Crippen MR) is 245 cm³/mol. The fourth-order valence-corrected chi connectivity index (χ4v) is 8.76. The van der Waals surface area contributed by atoms with Gasteiger partial charge in [0.15, 0.2) is 0 Å². The molecule has 0 fully saturated rings. The summed E-state index contributed by atoms with van der Waals surface area (Å²) >= 11 is 0. The van der Waals surface area contributed by atoms with Crippen LogP contribution < -0.4 is 4.90 Å². The van der Waals surface area contributed by atoms with E-state index in [1.165, 1.54) is 32.8 Å². The van der Waals surface area contributed by atoms with Gasteiger partial charge in [-0.05, 0) is 85.9 Å². The Bertz CT molecular complexity index is 3280. The van der Waals surface area contributed by atoms with Gasteiger partial charge in [-0.15, -0.1) is 0 Å². The first-order chi connectivity index (χ1) is 28.8. The topological polar surface area (TPSA) is 16.4 Å². The Morgan fingerprint density at radius 3 is 1.69 bits per heavy atom. The molecular formula is C56H37NO. The molecule has 58 heavy (non-hydrogen) atoms. The monoisotopic (exact) mass is 739 g/mol. The van der Waals surface area contributed by atoms with Crippen molar-refractivity contribution in [2.24, 2.45) is 0 Å². The molecule has 272 valence electrons. The van der Waals surface area contributed by atoms with Crippen molar-refractivity contribution < 1.29 is 4.42 Å². The predicted octanol–water partition coefficient (Wildman–Crippen LogP) is 16.0. The lowest BCUT2D eigenvalue weighted by molar-refractivity contribution is 0.673. The van der Waals surface area contributed by atoms with Gasteiger partial charge in [-0.3, -0.25) is 0 Å². The Balaban J connectivity index is 1.14. The molecule has 0 aliphatic rings. The van der Waals surface area contributed by atoms with Gasteiger partial charge in [-0.1, -0.05) is 188 Å². The van der Waals surface area contributed by atoms with Crippen molar-refractivity contribution in [1.29, 1.82) is 0 Å².